The van der Waals surface area contributed by atoms with Gasteiger partial charge >= 0.3 is 0 Å². The van der Waals surface area contributed by atoms with Crippen molar-refractivity contribution in [3.63, 3.8) is 0 Å². The summed E-state index contributed by atoms with van der Waals surface area (Å²) in [6, 6.07) is 20.2. The Kier molecular flexibility index (Phi) is 3.77. The monoisotopic (exact) mass is 364 g/mol. The molecule has 4 rings (SSSR count). The zero-order valence-corrected chi connectivity index (χ0v) is 14.8. The number of phenolic OH excluding ortho intramolecular Hbond substituents is 1. The Bertz CT molecular complexity index is 1190. The van der Waals surface area contributed by atoms with Crippen LogP contribution in [0.4, 0.5) is 0 Å². The van der Waals surface area contributed by atoms with Crippen molar-refractivity contribution in [3.05, 3.63) is 78.4 Å². The van der Waals surface area contributed by atoms with E-state index in [1.54, 1.807) is 54.6 Å². The van der Waals surface area contributed by atoms with Crippen molar-refractivity contribution < 1.29 is 13.5 Å². The summed E-state index contributed by atoms with van der Waals surface area (Å²) in [4.78, 5) is 4.72. The lowest BCUT2D eigenvalue weighted by molar-refractivity contribution is 0.475. The lowest BCUT2D eigenvalue weighted by Gasteiger charge is -2.11. The summed E-state index contributed by atoms with van der Waals surface area (Å²) >= 11 is 0. The van der Waals surface area contributed by atoms with Gasteiger partial charge in [-0.05, 0) is 55.5 Å². The number of nitrogens with zero attached hydrogens (tertiary/aromatic N) is 2. The molecule has 0 aliphatic rings. The zero-order chi connectivity index (χ0) is 18.3. The molecular formula is C20H16N2O3S. The molecule has 0 spiro atoms. The first-order valence-corrected chi connectivity index (χ1v) is 9.50. The highest BCUT2D eigenvalue weighted by atomic mass is 32.2. The minimum absolute atomic E-state index is 0.109. The van der Waals surface area contributed by atoms with Crippen LogP contribution in [0, 0.1) is 6.92 Å². The van der Waals surface area contributed by atoms with Gasteiger partial charge in [0, 0.05) is 5.56 Å². The van der Waals surface area contributed by atoms with Gasteiger partial charge in [0.15, 0.2) is 5.82 Å². The van der Waals surface area contributed by atoms with E-state index in [1.165, 1.54) is 16.1 Å². The van der Waals surface area contributed by atoms with Gasteiger partial charge in [-0.15, -0.1) is 0 Å². The lowest BCUT2D eigenvalue weighted by Crippen LogP contribution is -2.14. The van der Waals surface area contributed by atoms with Gasteiger partial charge in [-0.2, -0.15) is 0 Å². The number of benzene rings is 3. The third-order valence-corrected chi connectivity index (χ3v) is 5.92. The smallest absolute Gasteiger partial charge is 0.269 e. The van der Waals surface area contributed by atoms with E-state index in [1.807, 2.05) is 13.0 Å². The van der Waals surface area contributed by atoms with Gasteiger partial charge in [-0.25, -0.2) is 17.4 Å². The number of rotatable bonds is 3. The normalized spacial score (nSPS) is 11.7. The highest BCUT2D eigenvalue weighted by Gasteiger charge is 2.25. The summed E-state index contributed by atoms with van der Waals surface area (Å²) in [5, 5.41) is 9.53. The van der Waals surface area contributed by atoms with Crippen LogP contribution in [0.5, 0.6) is 5.75 Å². The molecule has 0 unspecified atom stereocenters. The van der Waals surface area contributed by atoms with Crippen molar-refractivity contribution in [2.45, 2.75) is 11.8 Å². The Morgan fingerprint density at radius 3 is 2.23 bits per heavy atom. The Labute approximate surface area is 151 Å². The van der Waals surface area contributed by atoms with E-state index in [4.69, 9.17) is 0 Å². The number of aromatic nitrogens is 2. The molecule has 130 valence electrons. The molecule has 5 nitrogen and oxygen atoms in total. The third-order valence-electron chi connectivity index (χ3n) is 4.20. The van der Waals surface area contributed by atoms with Gasteiger partial charge in [0.2, 0.25) is 0 Å². The van der Waals surface area contributed by atoms with Gasteiger partial charge in [-0.1, -0.05) is 29.8 Å². The summed E-state index contributed by atoms with van der Waals surface area (Å²) in [7, 11) is -3.84. The standard InChI is InChI=1S/C20H16N2O3S/c1-14-6-12-17(13-7-14)26(24,25)22-19-5-3-2-4-18(19)21-20(22)15-8-10-16(23)11-9-15/h2-13,23H,1H3. The number of hydrogen-bond donors (Lipinski definition) is 1. The van der Waals surface area contributed by atoms with E-state index < -0.39 is 10.0 Å². The molecule has 0 saturated carbocycles. The second-order valence-corrected chi connectivity index (χ2v) is 7.84. The molecule has 3 aromatic carbocycles. The van der Waals surface area contributed by atoms with Crippen molar-refractivity contribution in [2.24, 2.45) is 0 Å². The van der Waals surface area contributed by atoms with Crippen molar-refractivity contribution in [1.29, 1.82) is 0 Å². The van der Waals surface area contributed by atoms with Crippen LogP contribution in [0.1, 0.15) is 5.56 Å². The molecule has 1 heterocycles. The minimum atomic E-state index is -3.84. The largest absolute Gasteiger partial charge is 0.508 e. The molecule has 4 aromatic rings. The summed E-state index contributed by atoms with van der Waals surface area (Å²) in [6.07, 6.45) is 0. The first-order valence-electron chi connectivity index (χ1n) is 8.06. The van der Waals surface area contributed by atoms with Crippen LogP contribution in [0.3, 0.4) is 0 Å². The molecule has 0 aliphatic carbocycles. The topological polar surface area (TPSA) is 72.2 Å². The number of phenols is 1. The van der Waals surface area contributed by atoms with Gasteiger partial charge in [0.25, 0.3) is 10.0 Å². The average Bonchev–Trinajstić information content (AvgIpc) is 3.03. The molecule has 0 amide bonds. The maximum atomic E-state index is 13.4. The quantitative estimate of drug-likeness (QED) is 0.597. The molecule has 0 radical (unpaired) electrons. The molecule has 0 fully saturated rings. The Balaban J connectivity index is 2.03. The van der Waals surface area contributed by atoms with Crippen LogP contribution >= 0.6 is 0 Å². The summed E-state index contributed by atoms with van der Waals surface area (Å²) < 4.78 is 28.0. The predicted octanol–water partition coefficient (Wildman–Crippen LogP) is 3.95. The Hall–Kier alpha value is -3.12. The van der Waals surface area contributed by atoms with Gasteiger partial charge in [0.05, 0.1) is 15.9 Å². The molecule has 0 bridgehead atoms. The Morgan fingerprint density at radius 2 is 1.54 bits per heavy atom. The predicted molar refractivity (Wildman–Crippen MR) is 101 cm³/mol. The molecule has 1 aromatic heterocycles. The van der Waals surface area contributed by atoms with Crippen LogP contribution in [-0.4, -0.2) is 22.5 Å². The molecule has 26 heavy (non-hydrogen) atoms. The van der Waals surface area contributed by atoms with Crippen molar-refractivity contribution in [3.8, 4) is 17.1 Å². The van der Waals surface area contributed by atoms with Crippen LogP contribution in [0.15, 0.2) is 77.7 Å². The average molecular weight is 364 g/mol. The summed E-state index contributed by atoms with van der Waals surface area (Å²) in [6.45, 7) is 1.91. The maximum Gasteiger partial charge on any atom is 0.269 e. The molecule has 0 atom stereocenters. The SMILES string of the molecule is Cc1ccc(S(=O)(=O)n2c(-c3ccc(O)cc3)nc3ccccc32)cc1. The van der Waals surface area contributed by atoms with Crippen LogP contribution in [-0.2, 0) is 10.0 Å². The van der Waals surface area contributed by atoms with Gasteiger partial charge in [0.1, 0.15) is 5.75 Å². The first kappa shape index (κ1) is 16.4. The Morgan fingerprint density at radius 1 is 0.885 bits per heavy atom. The number of aryl methyl sites for hydroxylation is 1. The molecular weight excluding hydrogens is 348 g/mol. The van der Waals surface area contributed by atoms with Gasteiger partial charge < -0.3 is 5.11 Å². The van der Waals surface area contributed by atoms with Crippen LogP contribution < -0.4 is 0 Å². The summed E-state index contributed by atoms with van der Waals surface area (Å²) in [5.41, 5.74) is 2.69. The fraction of sp³-hybridized carbons (Fsp3) is 0.0500. The van der Waals surface area contributed by atoms with E-state index in [-0.39, 0.29) is 10.6 Å². The molecule has 1 N–H and O–H groups in total. The van der Waals surface area contributed by atoms with Crippen molar-refractivity contribution in [2.75, 3.05) is 0 Å². The molecule has 0 saturated heterocycles. The molecule has 6 heteroatoms. The minimum Gasteiger partial charge on any atom is -0.508 e. The lowest BCUT2D eigenvalue weighted by atomic mass is 10.2. The summed E-state index contributed by atoms with van der Waals surface area (Å²) in [5.74, 6) is 0.421. The van der Waals surface area contributed by atoms with E-state index >= 15 is 0 Å². The number of aromatic hydroxyl groups is 1. The van der Waals surface area contributed by atoms with E-state index in [0.29, 0.717) is 22.4 Å². The maximum absolute atomic E-state index is 13.4. The first-order chi connectivity index (χ1) is 12.5. The highest BCUT2D eigenvalue weighted by Crippen LogP contribution is 2.30. The van der Waals surface area contributed by atoms with Crippen LogP contribution in [0.25, 0.3) is 22.4 Å². The third kappa shape index (κ3) is 2.64. The van der Waals surface area contributed by atoms with E-state index in [2.05, 4.69) is 4.98 Å². The fourth-order valence-corrected chi connectivity index (χ4v) is 4.33. The highest BCUT2D eigenvalue weighted by molar-refractivity contribution is 7.90. The number of imidazole rings is 1. The number of para-hydroxylation sites is 2. The van der Waals surface area contributed by atoms with E-state index in [9.17, 15) is 13.5 Å². The van der Waals surface area contributed by atoms with E-state index in [0.717, 1.165) is 5.56 Å². The second kappa shape index (κ2) is 6.00. The molecule has 0 aliphatic heterocycles. The van der Waals surface area contributed by atoms with Crippen molar-refractivity contribution >= 4 is 21.1 Å². The number of fused-ring (bicyclic) bond motifs is 1. The number of hydrogen-bond acceptors (Lipinski definition) is 4. The second-order valence-electron chi connectivity index (χ2n) is 6.05. The fourth-order valence-electron chi connectivity index (χ4n) is 2.86. The zero-order valence-electron chi connectivity index (χ0n) is 14.0. The van der Waals surface area contributed by atoms with Crippen LogP contribution in [0.2, 0.25) is 0 Å². The van der Waals surface area contributed by atoms with Crippen molar-refractivity contribution in [1.82, 2.24) is 8.96 Å². The van der Waals surface area contributed by atoms with Gasteiger partial charge in [-0.3, -0.25) is 0 Å².